The van der Waals surface area contributed by atoms with Gasteiger partial charge in [0.1, 0.15) is 17.3 Å². The van der Waals surface area contributed by atoms with E-state index >= 15 is 0 Å². The van der Waals surface area contributed by atoms with Gasteiger partial charge in [0.25, 0.3) is 0 Å². The van der Waals surface area contributed by atoms with Gasteiger partial charge in [-0.15, -0.1) is 6.58 Å². The van der Waals surface area contributed by atoms with E-state index in [1.54, 1.807) is 16.4 Å². The van der Waals surface area contributed by atoms with Gasteiger partial charge in [-0.1, -0.05) is 26.0 Å². The van der Waals surface area contributed by atoms with Crippen molar-refractivity contribution < 1.29 is 17.9 Å². The van der Waals surface area contributed by atoms with Crippen molar-refractivity contribution in [2.75, 3.05) is 57.9 Å². The van der Waals surface area contributed by atoms with E-state index in [0.29, 0.717) is 30.5 Å². The van der Waals surface area contributed by atoms with Crippen LogP contribution in [0, 0.1) is 5.92 Å². The van der Waals surface area contributed by atoms with Crippen molar-refractivity contribution in [3.05, 3.63) is 30.9 Å². The van der Waals surface area contributed by atoms with E-state index in [-0.39, 0.29) is 17.5 Å². The van der Waals surface area contributed by atoms with Crippen LogP contribution < -0.4 is 10.1 Å². The number of morpholine rings is 1. The molecule has 30 heavy (non-hydrogen) atoms. The standard InChI is InChI=1S/C22H35N3O4S/c1-4-10-25-19(16-18(2)3)17-29-21-8-5-7-20(22(21)30(25,26)27)23-9-6-11-24-12-14-28-15-13-24/h4-5,7-8,18-19,23H,1,6,9-17H2,2-3H3/t19-/m0/s1. The first kappa shape index (κ1) is 23.1. The van der Waals surface area contributed by atoms with Gasteiger partial charge in [0, 0.05) is 26.2 Å². The SMILES string of the molecule is C=CCN1[C@@H](CC(C)C)COc2cccc(NCCCN3CCOCC3)c2S1(=O)=O. The highest BCUT2D eigenvalue weighted by molar-refractivity contribution is 7.89. The topological polar surface area (TPSA) is 71.1 Å². The molecule has 1 aromatic rings. The minimum atomic E-state index is -3.72. The summed E-state index contributed by atoms with van der Waals surface area (Å²) in [7, 11) is -3.72. The van der Waals surface area contributed by atoms with E-state index in [2.05, 4.69) is 30.6 Å². The van der Waals surface area contributed by atoms with Crippen LogP contribution in [0.2, 0.25) is 0 Å². The fourth-order valence-corrected chi connectivity index (χ4v) is 5.95. The minimum absolute atomic E-state index is 0.213. The minimum Gasteiger partial charge on any atom is -0.490 e. The molecule has 0 aromatic heterocycles. The Morgan fingerprint density at radius 1 is 1.30 bits per heavy atom. The van der Waals surface area contributed by atoms with Gasteiger partial charge in [-0.2, -0.15) is 4.31 Å². The lowest BCUT2D eigenvalue weighted by molar-refractivity contribution is 0.0378. The quantitative estimate of drug-likeness (QED) is 0.473. The number of fused-ring (bicyclic) bond motifs is 1. The van der Waals surface area contributed by atoms with Crippen molar-refractivity contribution in [1.82, 2.24) is 9.21 Å². The van der Waals surface area contributed by atoms with Crippen molar-refractivity contribution >= 4 is 15.7 Å². The molecular formula is C22H35N3O4S. The van der Waals surface area contributed by atoms with Gasteiger partial charge in [0.2, 0.25) is 10.0 Å². The first-order chi connectivity index (χ1) is 14.4. The average molecular weight is 438 g/mol. The van der Waals surface area contributed by atoms with Crippen molar-refractivity contribution in [1.29, 1.82) is 0 Å². The molecule has 0 amide bonds. The normalized spacial score (nSPS) is 22.2. The summed E-state index contributed by atoms with van der Waals surface area (Å²) in [6.07, 6.45) is 3.31. The van der Waals surface area contributed by atoms with Crippen LogP contribution in [-0.4, -0.2) is 76.2 Å². The molecule has 0 aliphatic carbocycles. The van der Waals surface area contributed by atoms with Crippen LogP contribution in [0.15, 0.2) is 35.7 Å². The van der Waals surface area contributed by atoms with Gasteiger partial charge in [-0.25, -0.2) is 8.42 Å². The van der Waals surface area contributed by atoms with Crippen LogP contribution in [0.3, 0.4) is 0 Å². The summed E-state index contributed by atoms with van der Waals surface area (Å²) in [6.45, 7) is 13.7. The van der Waals surface area contributed by atoms with Gasteiger partial charge in [-0.05, 0) is 37.4 Å². The number of anilines is 1. The van der Waals surface area contributed by atoms with Crippen molar-refractivity contribution in [3.63, 3.8) is 0 Å². The van der Waals surface area contributed by atoms with Gasteiger partial charge in [-0.3, -0.25) is 4.90 Å². The van der Waals surface area contributed by atoms with Gasteiger partial charge in [0.05, 0.1) is 24.9 Å². The summed E-state index contributed by atoms with van der Waals surface area (Å²) in [5.74, 6) is 0.786. The molecule has 2 heterocycles. The molecule has 8 heteroatoms. The molecule has 1 aromatic carbocycles. The number of nitrogens with one attached hydrogen (secondary N) is 1. The summed E-state index contributed by atoms with van der Waals surface area (Å²) in [6, 6.07) is 5.20. The first-order valence-electron chi connectivity index (χ1n) is 10.9. The zero-order valence-corrected chi connectivity index (χ0v) is 19.0. The highest BCUT2D eigenvalue weighted by Gasteiger charge is 2.38. The Morgan fingerprint density at radius 3 is 2.77 bits per heavy atom. The van der Waals surface area contributed by atoms with E-state index in [0.717, 1.165) is 45.7 Å². The molecule has 0 saturated carbocycles. The van der Waals surface area contributed by atoms with Crippen LogP contribution in [0.25, 0.3) is 0 Å². The molecule has 7 nitrogen and oxygen atoms in total. The smallest absolute Gasteiger partial charge is 0.249 e. The summed E-state index contributed by atoms with van der Waals surface area (Å²) in [5.41, 5.74) is 0.605. The summed E-state index contributed by atoms with van der Waals surface area (Å²) in [4.78, 5) is 2.61. The van der Waals surface area contributed by atoms with Crippen LogP contribution >= 0.6 is 0 Å². The molecule has 2 aliphatic rings. The number of hydrogen-bond acceptors (Lipinski definition) is 6. The summed E-state index contributed by atoms with van der Waals surface area (Å²) < 4.78 is 40.2. The highest BCUT2D eigenvalue weighted by atomic mass is 32.2. The van der Waals surface area contributed by atoms with E-state index in [1.807, 2.05) is 12.1 Å². The third-order valence-corrected chi connectivity index (χ3v) is 7.51. The Labute approximate surface area is 181 Å². The molecule has 2 aliphatic heterocycles. The van der Waals surface area contributed by atoms with Crippen LogP contribution in [0.4, 0.5) is 5.69 Å². The predicted octanol–water partition coefficient (Wildman–Crippen LogP) is 2.80. The van der Waals surface area contributed by atoms with Gasteiger partial charge < -0.3 is 14.8 Å². The van der Waals surface area contributed by atoms with Crippen molar-refractivity contribution in [3.8, 4) is 5.75 Å². The number of sulfonamides is 1. The Hall–Kier alpha value is -1.61. The maximum Gasteiger partial charge on any atom is 0.249 e. The third-order valence-electron chi connectivity index (χ3n) is 5.51. The second-order valence-electron chi connectivity index (χ2n) is 8.32. The molecule has 1 N–H and O–H groups in total. The number of benzene rings is 1. The molecule has 0 spiro atoms. The zero-order valence-electron chi connectivity index (χ0n) is 18.2. The van der Waals surface area contributed by atoms with Crippen molar-refractivity contribution in [2.45, 2.75) is 37.6 Å². The van der Waals surface area contributed by atoms with Crippen LogP contribution in [-0.2, 0) is 14.8 Å². The summed E-state index contributed by atoms with van der Waals surface area (Å²) >= 11 is 0. The molecule has 0 bridgehead atoms. The maximum atomic E-state index is 13.6. The molecular weight excluding hydrogens is 402 g/mol. The molecule has 0 radical (unpaired) electrons. The third kappa shape index (κ3) is 5.55. The van der Waals surface area contributed by atoms with E-state index < -0.39 is 10.0 Å². The zero-order chi connectivity index (χ0) is 21.6. The second kappa shape index (κ2) is 10.6. The van der Waals surface area contributed by atoms with E-state index in [9.17, 15) is 8.42 Å². The van der Waals surface area contributed by atoms with E-state index in [4.69, 9.17) is 9.47 Å². The number of ether oxygens (including phenoxy) is 2. The fourth-order valence-electron chi connectivity index (χ4n) is 4.07. The molecule has 1 fully saturated rings. The molecule has 1 atom stereocenters. The lowest BCUT2D eigenvalue weighted by atomic mass is 10.0. The predicted molar refractivity (Wildman–Crippen MR) is 120 cm³/mol. The lowest BCUT2D eigenvalue weighted by Crippen LogP contribution is -2.42. The number of rotatable bonds is 9. The van der Waals surface area contributed by atoms with E-state index in [1.165, 1.54) is 0 Å². The number of nitrogens with zero attached hydrogens (tertiary/aromatic N) is 2. The second-order valence-corrected chi connectivity index (χ2v) is 10.2. The average Bonchev–Trinajstić information content (AvgIpc) is 2.82. The van der Waals surface area contributed by atoms with Gasteiger partial charge in [0.15, 0.2) is 0 Å². The Balaban J connectivity index is 1.77. The largest absolute Gasteiger partial charge is 0.490 e. The van der Waals surface area contributed by atoms with Gasteiger partial charge >= 0.3 is 0 Å². The number of hydrogen-bond donors (Lipinski definition) is 1. The Bertz CT molecular complexity index is 807. The monoisotopic (exact) mass is 437 g/mol. The van der Waals surface area contributed by atoms with Crippen molar-refractivity contribution in [2.24, 2.45) is 5.92 Å². The Kier molecular flexibility index (Phi) is 8.16. The lowest BCUT2D eigenvalue weighted by Gasteiger charge is -2.28. The fraction of sp³-hybridized carbons (Fsp3) is 0.636. The van der Waals surface area contributed by atoms with Crippen LogP contribution in [0.1, 0.15) is 26.7 Å². The van der Waals surface area contributed by atoms with Crippen LogP contribution in [0.5, 0.6) is 5.75 Å². The Morgan fingerprint density at radius 2 is 2.07 bits per heavy atom. The summed E-state index contributed by atoms with van der Waals surface area (Å²) in [5, 5.41) is 3.34. The maximum absolute atomic E-state index is 13.6. The first-order valence-corrected chi connectivity index (χ1v) is 12.3. The molecule has 0 unspecified atom stereocenters. The molecule has 3 rings (SSSR count). The molecule has 1 saturated heterocycles. The molecule has 168 valence electrons. The highest BCUT2D eigenvalue weighted by Crippen LogP contribution is 2.38.